The van der Waals surface area contributed by atoms with Gasteiger partial charge in [0.05, 0.1) is 23.1 Å². The Hall–Kier alpha value is -2.10. The van der Waals surface area contributed by atoms with E-state index in [4.69, 9.17) is 0 Å². The first-order valence-electron chi connectivity index (χ1n) is 7.00. The van der Waals surface area contributed by atoms with Crippen molar-refractivity contribution in [2.75, 3.05) is 13.6 Å². The zero-order valence-electron chi connectivity index (χ0n) is 12.3. The van der Waals surface area contributed by atoms with Gasteiger partial charge in [-0.05, 0) is 25.5 Å². The molecule has 0 aliphatic carbocycles. The molecule has 0 saturated carbocycles. The third-order valence-electron chi connectivity index (χ3n) is 3.43. The van der Waals surface area contributed by atoms with Crippen LogP contribution in [0.15, 0.2) is 36.5 Å². The van der Waals surface area contributed by atoms with E-state index in [1.54, 1.807) is 15.8 Å². The summed E-state index contributed by atoms with van der Waals surface area (Å²) in [6.45, 7) is 4.84. The summed E-state index contributed by atoms with van der Waals surface area (Å²) in [6.07, 6.45) is 3.76. The summed E-state index contributed by atoms with van der Waals surface area (Å²) in [7, 11) is 1.84. The topological polar surface area (TPSA) is 38.1 Å². The maximum Gasteiger partial charge on any atom is 0.257 e. The predicted octanol–water partition coefficient (Wildman–Crippen LogP) is 3.05. The van der Waals surface area contributed by atoms with Gasteiger partial charge in [0.1, 0.15) is 0 Å². The van der Waals surface area contributed by atoms with Crippen molar-refractivity contribution in [1.82, 2.24) is 14.7 Å². The van der Waals surface area contributed by atoms with Crippen LogP contribution < -0.4 is 0 Å². The van der Waals surface area contributed by atoms with Crippen LogP contribution in [0.4, 0.5) is 0 Å². The van der Waals surface area contributed by atoms with E-state index in [0.29, 0.717) is 5.56 Å². The molecule has 0 bridgehead atoms. The fraction of sp³-hybridized carbons (Fsp3) is 0.375. The van der Waals surface area contributed by atoms with E-state index in [1.165, 1.54) is 0 Å². The molecule has 0 aliphatic rings. The number of hydrogen-bond acceptors (Lipinski definition) is 2. The molecule has 1 aromatic carbocycles. The molecule has 0 atom stereocenters. The SMILES string of the molecule is CCCCN(C)C(=O)c1cnn(-c2ccccc2)c1C. The highest BCUT2D eigenvalue weighted by Crippen LogP contribution is 2.15. The van der Waals surface area contributed by atoms with Gasteiger partial charge in [0.15, 0.2) is 0 Å². The lowest BCUT2D eigenvalue weighted by Gasteiger charge is -2.16. The lowest BCUT2D eigenvalue weighted by molar-refractivity contribution is 0.0792. The summed E-state index contributed by atoms with van der Waals surface area (Å²) >= 11 is 0. The van der Waals surface area contributed by atoms with E-state index < -0.39 is 0 Å². The molecule has 20 heavy (non-hydrogen) atoms. The lowest BCUT2D eigenvalue weighted by atomic mass is 10.2. The molecule has 1 heterocycles. The van der Waals surface area contributed by atoms with Crippen molar-refractivity contribution in [3.05, 3.63) is 47.8 Å². The Kier molecular flexibility index (Phi) is 4.56. The van der Waals surface area contributed by atoms with E-state index in [0.717, 1.165) is 30.8 Å². The number of hydrogen-bond donors (Lipinski definition) is 0. The smallest absolute Gasteiger partial charge is 0.257 e. The fourth-order valence-electron chi connectivity index (χ4n) is 2.15. The zero-order valence-corrected chi connectivity index (χ0v) is 12.3. The van der Waals surface area contributed by atoms with Crippen molar-refractivity contribution in [3.8, 4) is 5.69 Å². The van der Waals surface area contributed by atoms with Gasteiger partial charge in [0.25, 0.3) is 5.91 Å². The molecule has 2 rings (SSSR count). The largest absolute Gasteiger partial charge is 0.342 e. The second kappa shape index (κ2) is 6.37. The second-order valence-electron chi connectivity index (χ2n) is 4.97. The van der Waals surface area contributed by atoms with Crippen molar-refractivity contribution in [2.45, 2.75) is 26.7 Å². The minimum Gasteiger partial charge on any atom is -0.342 e. The van der Waals surface area contributed by atoms with Gasteiger partial charge < -0.3 is 4.90 Å². The average molecular weight is 271 g/mol. The van der Waals surface area contributed by atoms with Gasteiger partial charge >= 0.3 is 0 Å². The van der Waals surface area contributed by atoms with Crippen molar-refractivity contribution in [2.24, 2.45) is 0 Å². The highest BCUT2D eigenvalue weighted by Gasteiger charge is 2.18. The summed E-state index contributed by atoms with van der Waals surface area (Å²) in [5.74, 6) is 0.0399. The Bertz CT molecular complexity index is 575. The maximum absolute atomic E-state index is 12.4. The van der Waals surface area contributed by atoms with Gasteiger partial charge in [0, 0.05) is 13.6 Å². The van der Waals surface area contributed by atoms with Crippen LogP contribution in [-0.2, 0) is 0 Å². The molecule has 1 amide bonds. The van der Waals surface area contributed by atoms with Crippen LogP contribution in [-0.4, -0.2) is 34.2 Å². The van der Waals surface area contributed by atoms with E-state index in [-0.39, 0.29) is 5.91 Å². The van der Waals surface area contributed by atoms with Gasteiger partial charge in [-0.1, -0.05) is 31.5 Å². The number of benzene rings is 1. The Morgan fingerprint density at radius 1 is 1.30 bits per heavy atom. The van der Waals surface area contributed by atoms with Crippen LogP contribution in [0.3, 0.4) is 0 Å². The molecule has 1 aromatic heterocycles. The van der Waals surface area contributed by atoms with Crippen LogP contribution in [0.1, 0.15) is 35.8 Å². The van der Waals surface area contributed by atoms with Gasteiger partial charge in [-0.3, -0.25) is 4.79 Å². The molecular formula is C16H21N3O. The van der Waals surface area contributed by atoms with Gasteiger partial charge in [-0.2, -0.15) is 5.10 Å². The number of rotatable bonds is 5. The van der Waals surface area contributed by atoms with Gasteiger partial charge in [0.2, 0.25) is 0 Å². The number of para-hydroxylation sites is 1. The first kappa shape index (κ1) is 14.3. The Labute approximate surface area is 120 Å². The maximum atomic E-state index is 12.4. The molecule has 4 nitrogen and oxygen atoms in total. The molecule has 0 spiro atoms. The third-order valence-corrected chi connectivity index (χ3v) is 3.43. The summed E-state index contributed by atoms with van der Waals surface area (Å²) in [4.78, 5) is 14.2. The van der Waals surface area contributed by atoms with Crippen LogP contribution in [0.2, 0.25) is 0 Å². The number of aromatic nitrogens is 2. The van der Waals surface area contributed by atoms with E-state index in [2.05, 4.69) is 12.0 Å². The first-order chi connectivity index (χ1) is 9.65. The standard InChI is InChI=1S/C16H21N3O/c1-4-5-11-18(3)16(20)15-12-17-19(13(15)2)14-9-7-6-8-10-14/h6-10,12H,4-5,11H2,1-3H3. The number of amides is 1. The molecule has 2 aromatic rings. The Morgan fingerprint density at radius 3 is 2.65 bits per heavy atom. The van der Waals surface area contributed by atoms with Crippen molar-refractivity contribution >= 4 is 5.91 Å². The van der Waals surface area contributed by atoms with Gasteiger partial charge in [-0.25, -0.2) is 4.68 Å². The van der Waals surface area contributed by atoms with E-state index in [9.17, 15) is 4.79 Å². The molecular weight excluding hydrogens is 250 g/mol. The van der Waals surface area contributed by atoms with Crippen molar-refractivity contribution in [3.63, 3.8) is 0 Å². The average Bonchev–Trinajstić information content (AvgIpc) is 2.86. The quantitative estimate of drug-likeness (QED) is 0.838. The zero-order chi connectivity index (χ0) is 14.5. The van der Waals surface area contributed by atoms with Crippen LogP contribution in [0.5, 0.6) is 0 Å². The summed E-state index contributed by atoms with van der Waals surface area (Å²) in [5.41, 5.74) is 2.53. The first-order valence-corrected chi connectivity index (χ1v) is 7.00. The number of nitrogens with zero attached hydrogens (tertiary/aromatic N) is 3. The third kappa shape index (κ3) is 2.90. The van der Waals surface area contributed by atoms with Crippen molar-refractivity contribution < 1.29 is 4.79 Å². The highest BCUT2D eigenvalue weighted by molar-refractivity contribution is 5.95. The lowest BCUT2D eigenvalue weighted by Crippen LogP contribution is -2.28. The van der Waals surface area contributed by atoms with Crippen LogP contribution >= 0.6 is 0 Å². The molecule has 106 valence electrons. The Balaban J connectivity index is 2.23. The Morgan fingerprint density at radius 2 is 2.00 bits per heavy atom. The van der Waals surface area contributed by atoms with Crippen LogP contribution in [0.25, 0.3) is 5.69 Å². The molecule has 0 saturated heterocycles. The van der Waals surface area contributed by atoms with Crippen LogP contribution in [0, 0.1) is 6.92 Å². The molecule has 0 fully saturated rings. The number of carbonyl (C=O) groups excluding carboxylic acids is 1. The minimum absolute atomic E-state index is 0.0399. The number of unbranched alkanes of at least 4 members (excludes halogenated alkanes) is 1. The monoisotopic (exact) mass is 271 g/mol. The molecule has 0 unspecified atom stereocenters. The van der Waals surface area contributed by atoms with Crippen molar-refractivity contribution in [1.29, 1.82) is 0 Å². The van der Waals surface area contributed by atoms with E-state index >= 15 is 0 Å². The predicted molar refractivity (Wildman–Crippen MR) is 80.2 cm³/mol. The summed E-state index contributed by atoms with van der Waals surface area (Å²) < 4.78 is 1.81. The summed E-state index contributed by atoms with van der Waals surface area (Å²) in [6, 6.07) is 9.85. The normalized spacial score (nSPS) is 10.6. The van der Waals surface area contributed by atoms with Gasteiger partial charge in [-0.15, -0.1) is 0 Å². The molecule has 0 aliphatic heterocycles. The molecule has 0 N–H and O–H groups in total. The summed E-state index contributed by atoms with van der Waals surface area (Å²) in [5, 5.41) is 4.34. The van der Waals surface area contributed by atoms with E-state index in [1.807, 2.05) is 44.3 Å². The molecule has 0 radical (unpaired) electrons. The minimum atomic E-state index is 0.0399. The molecule has 4 heteroatoms. The number of carbonyl (C=O) groups is 1. The fourth-order valence-corrected chi connectivity index (χ4v) is 2.15. The highest BCUT2D eigenvalue weighted by atomic mass is 16.2. The second-order valence-corrected chi connectivity index (χ2v) is 4.97.